The lowest BCUT2D eigenvalue weighted by Gasteiger charge is -2.36. The highest BCUT2D eigenvalue weighted by atomic mass is 35.5. The number of rotatable bonds is 3. The van der Waals surface area contributed by atoms with Gasteiger partial charge in [0.15, 0.2) is 0 Å². The van der Waals surface area contributed by atoms with E-state index in [0.29, 0.717) is 46.8 Å². The van der Waals surface area contributed by atoms with E-state index in [4.69, 9.17) is 39.8 Å². The maximum absolute atomic E-state index is 13.7. The zero-order valence-corrected chi connectivity index (χ0v) is 20.8. The molecule has 1 fully saturated rings. The van der Waals surface area contributed by atoms with Gasteiger partial charge >= 0.3 is 0 Å². The zero-order chi connectivity index (χ0) is 23.8. The Morgan fingerprint density at radius 3 is 2.24 bits per heavy atom. The van der Waals surface area contributed by atoms with Gasteiger partial charge in [-0.3, -0.25) is 4.79 Å². The summed E-state index contributed by atoms with van der Waals surface area (Å²) in [6.07, 6.45) is 0. The SMILES string of the molecule is Cc1c(Cl)ccc2c(C(=O)N3CCN(c4ccc(Cl)c(Cl)c4)CC3)cc(-c3ccccc3)nc12. The van der Waals surface area contributed by atoms with Gasteiger partial charge in [0.1, 0.15) is 0 Å². The Morgan fingerprint density at radius 1 is 0.824 bits per heavy atom. The fourth-order valence-electron chi connectivity index (χ4n) is 4.36. The number of hydrogen-bond donors (Lipinski definition) is 0. The van der Waals surface area contributed by atoms with Gasteiger partial charge in [-0.25, -0.2) is 4.98 Å². The number of aromatic nitrogens is 1. The van der Waals surface area contributed by atoms with Crippen molar-refractivity contribution < 1.29 is 4.79 Å². The van der Waals surface area contributed by atoms with E-state index in [0.717, 1.165) is 33.4 Å². The van der Waals surface area contributed by atoms with Gasteiger partial charge in [0, 0.05) is 47.8 Å². The highest BCUT2D eigenvalue weighted by molar-refractivity contribution is 6.42. The summed E-state index contributed by atoms with van der Waals surface area (Å²) in [5, 5.41) is 2.52. The number of carbonyl (C=O) groups is 1. The fourth-order valence-corrected chi connectivity index (χ4v) is 4.80. The van der Waals surface area contributed by atoms with E-state index in [1.807, 2.05) is 72.5 Å². The van der Waals surface area contributed by atoms with Gasteiger partial charge < -0.3 is 9.80 Å². The molecule has 0 radical (unpaired) electrons. The number of pyridine rings is 1. The maximum Gasteiger partial charge on any atom is 0.254 e. The Labute approximate surface area is 213 Å². The van der Waals surface area contributed by atoms with Gasteiger partial charge in [-0.2, -0.15) is 0 Å². The largest absolute Gasteiger partial charge is 0.368 e. The quantitative estimate of drug-likeness (QED) is 0.294. The number of amides is 1. The smallest absolute Gasteiger partial charge is 0.254 e. The first-order valence-corrected chi connectivity index (χ1v) is 12.2. The van der Waals surface area contributed by atoms with Gasteiger partial charge in [0.05, 0.1) is 26.8 Å². The lowest BCUT2D eigenvalue weighted by molar-refractivity contribution is 0.0748. The van der Waals surface area contributed by atoms with Gasteiger partial charge in [0.2, 0.25) is 0 Å². The third-order valence-corrected chi connectivity index (χ3v) is 7.45. The number of fused-ring (bicyclic) bond motifs is 1. The van der Waals surface area contributed by atoms with Crippen LogP contribution in [0.1, 0.15) is 15.9 Å². The summed E-state index contributed by atoms with van der Waals surface area (Å²) in [6, 6.07) is 21.2. The molecule has 1 aliphatic rings. The number of benzene rings is 3. The van der Waals surface area contributed by atoms with Crippen LogP contribution in [0.2, 0.25) is 15.1 Å². The summed E-state index contributed by atoms with van der Waals surface area (Å²) in [5.74, 6) is 0.0000853. The number of halogens is 3. The van der Waals surface area contributed by atoms with E-state index in [1.165, 1.54) is 0 Å². The molecule has 1 saturated heterocycles. The lowest BCUT2D eigenvalue weighted by atomic mass is 10.0. The predicted molar refractivity (Wildman–Crippen MR) is 142 cm³/mol. The van der Waals surface area contributed by atoms with Crippen molar-refractivity contribution in [1.29, 1.82) is 0 Å². The summed E-state index contributed by atoms with van der Waals surface area (Å²) in [7, 11) is 0. The molecule has 1 aliphatic heterocycles. The Morgan fingerprint density at radius 2 is 1.53 bits per heavy atom. The van der Waals surface area contributed by atoms with Crippen LogP contribution < -0.4 is 4.90 Å². The molecule has 1 amide bonds. The fraction of sp³-hybridized carbons (Fsp3) is 0.185. The van der Waals surface area contributed by atoms with E-state index in [9.17, 15) is 4.79 Å². The van der Waals surface area contributed by atoms with Crippen molar-refractivity contribution in [3.63, 3.8) is 0 Å². The van der Waals surface area contributed by atoms with Gasteiger partial charge in [-0.1, -0.05) is 71.2 Å². The highest BCUT2D eigenvalue weighted by Gasteiger charge is 2.25. The second kappa shape index (κ2) is 9.46. The summed E-state index contributed by atoms with van der Waals surface area (Å²) in [4.78, 5) is 22.7. The standard InChI is InChI=1S/C27H22Cl3N3O/c1-17-22(28)10-8-20-21(16-25(31-26(17)20)18-5-3-2-4-6-18)27(34)33-13-11-32(12-14-33)19-7-9-23(29)24(30)15-19/h2-10,15-16H,11-14H2,1H3. The molecule has 4 nitrogen and oxygen atoms in total. The van der Waals surface area contributed by atoms with Crippen LogP contribution in [0.4, 0.5) is 5.69 Å². The summed E-state index contributed by atoms with van der Waals surface area (Å²) >= 11 is 18.7. The van der Waals surface area contributed by atoms with Crippen LogP contribution in [-0.2, 0) is 0 Å². The number of carbonyl (C=O) groups excluding carboxylic acids is 1. The Hall–Kier alpha value is -2.79. The second-order valence-corrected chi connectivity index (χ2v) is 9.59. The summed E-state index contributed by atoms with van der Waals surface area (Å²) in [5.41, 5.74) is 5.00. The first kappa shape index (κ1) is 23.0. The van der Waals surface area contributed by atoms with E-state index < -0.39 is 0 Å². The Kier molecular flexibility index (Phi) is 6.39. The monoisotopic (exact) mass is 509 g/mol. The van der Waals surface area contributed by atoms with Crippen molar-refractivity contribution in [1.82, 2.24) is 9.88 Å². The molecule has 0 spiro atoms. The minimum Gasteiger partial charge on any atom is -0.368 e. The minimum absolute atomic E-state index is 0.0000853. The molecule has 7 heteroatoms. The van der Waals surface area contributed by atoms with E-state index in [2.05, 4.69) is 4.90 Å². The minimum atomic E-state index is 0.0000853. The molecule has 2 heterocycles. The molecule has 1 aromatic heterocycles. The molecule has 0 bridgehead atoms. The molecule has 0 aliphatic carbocycles. The van der Waals surface area contributed by atoms with Gasteiger partial charge in [-0.05, 0) is 42.8 Å². The molecule has 3 aromatic carbocycles. The highest BCUT2D eigenvalue weighted by Crippen LogP contribution is 2.32. The van der Waals surface area contributed by atoms with Crippen LogP contribution >= 0.6 is 34.8 Å². The number of nitrogens with zero attached hydrogens (tertiary/aromatic N) is 3. The van der Waals surface area contributed by atoms with Crippen LogP contribution in [0, 0.1) is 6.92 Å². The topological polar surface area (TPSA) is 36.4 Å². The lowest BCUT2D eigenvalue weighted by Crippen LogP contribution is -2.48. The van der Waals surface area contributed by atoms with Gasteiger partial charge in [-0.15, -0.1) is 0 Å². The molecule has 0 unspecified atom stereocenters. The molecule has 0 saturated carbocycles. The van der Waals surface area contributed by atoms with E-state index in [-0.39, 0.29) is 5.91 Å². The zero-order valence-electron chi connectivity index (χ0n) is 18.6. The van der Waals surface area contributed by atoms with Gasteiger partial charge in [0.25, 0.3) is 5.91 Å². The molecular formula is C27H22Cl3N3O. The number of anilines is 1. The van der Waals surface area contributed by atoms with Crippen LogP contribution in [-0.4, -0.2) is 42.0 Å². The number of hydrogen-bond acceptors (Lipinski definition) is 3. The van der Waals surface area contributed by atoms with Crippen LogP contribution in [0.3, 0.4) is 0 Å². The molecule has 0 N–H and O–H groups in total. The van der Waals surface area contributed by atoms with E-state index in [1.54, 1.807) is 6.07 Å². The van der Waals surface area contributed by atoms with Crippen molar-refractivity contribution in [3.8, 4) is 11.3 Å². The van der Waals surface area contributed by atoms with Crippen molar-refractivity contribution >= 4 is 57.3 Å². The molecular weight excluding hydrogens is 489 g/mol. The number of aryl methyl sites for hydroxylation is 1. The van der Waals surface area contributed by atoms with Crippen molar-refractivity contribution in [3.05, 3.63) is 92.9 Å². The Bertz CT molecular complexity index is 1380. The second-order valence-electron chi connectivity index (χ2n) is 8.37. The molecule has 4 aromatic rings. The summed E-state index contributed by atoms with van der Waals surface area (Å²) in [6.45, 7) is 4.58. The predicted octanol–water partition coefficient (Wildman–Crippen LogP) is 7.13. The average Bonchev–Trinajstić information content (AvgIpc) is 2.87. The van der Waals surface area contributed by atoms with Crippen LogP contribution in [0.25, 0.3) is 22.2 Å². The molecule has 34 heavy (non-hydrogen) atoms. The van der Waals surface area contributed by atoms with Crippen molar-refractivity contribution in [2.45, 2.75) is 6.92 Å². The third-order valence-electron chi connectivity index (χ3n) is 6.30. The normalized spacial score (nSPS) is 14.0. The van der Waals surface area contributed by atoms with E-state index >= 15 is 0 Å². The maximum atomic E-state index is 13.7. The molecule has 172 valence electrons. The number of piperazine rings is 1. The molecule has 0 atom stereocenters. The van der Waals surface area contributed by atoms with Crippen molar-refractivity contribution in [2.24, 2.45) is 0 Å². The van der Waals surface area contributed by atoms with Crippen molar-refractivity contribution in [2.75, 3.05) is 31.1 Å². The third kappa shape index (κ3) is 4.34. The first-order chi connectivity index (χ1) is 16.4. The molecule has 5 rings (SSSR count). The van der Waals surface area contributed by atoms with Crippen LogP contribution in [0.15, 0.2) is 66.7 Å². The average molecular weight is 511 g/mol. The Balaban J connectivity index is 1.47. The summed E-state index contributed by atoms with van der Waals surface area (Å²) < 4.78 is 0. The first-order valence-electron chi connectivity index (χ1n) is 11.1. The van der Waals surface area contributed by atoms with Crippen LogP contribution in [0.5, 0.6) is 0 Å².